The Morgan fingerprint density at radius 2 is 2.36 bits per heavy atom. The molecule has 0 aromatic carbocycles. The van der Waals surface area contributed by atoms with Crippen LogP contribution in [-0.2, 0) is 15.6 Å². The highest BCUT2D eigenvalue weighted by Crippen LogP contribution is 2.20. The first-order valence-electron chi connectivity index (χ1n) is 3.93. The summed E-state index contributed by atoms with van der Waals surface area (Å²) in [5.41, 5.74) is 5.45. The Morgan fingerprint density at radius 3 is 2.86 bits per heavy atom. The molecule has 1 rings (SSSR count). The number of anilines is 1. The van der Waals surface area contributed by atoms with Gasteiger partial charge in [-0.05, 0) is 0 Å². The predicted molar refractivity (Wildman–Crippen MR) is 62.4 cm³/mol. The fraction of sp³-hybridized carbons (Fsp3) is 0.571. The van der Waals surface area contributed by atoms with E-state index in [1.165, 1.54) is 17.6 Å². The summed E-state index contributed by atoms with van der Waals surface area (Å²) in [6, 6.07) is 0. The normalized spacial score (nSPS) is 11.8. The van der Waals surface area contributed by atoms with Gasteiger partial charge in [-0.3, -0.25) is 0 Å². The van der Waals surface area contributed by atoms with Crippen LogP contribution in [0.25, 0.3) is 0 Å². The minimum atomic E-state index is -2.83. The number of nitrogens with zero attached hydrogens (tertiary/aromatic N) is 1. The molecule has 2 N–H and O–H groups in total. The Kier molecular flexibility index (Phi) is 4.21. The van der Waals surface area contributed by atoms with Crippen LogP contribution in [0.3, 0.4) is 0 Å². The molecule has 0 aliphatic carbocycles. The molecular weight excluding hydrogens is 240 g/mol. The summed E-state index contributed by atoms with van der Waals surface area (Å²) < 4.78 is 21.6. The van der Waals surface area contributed by atoms with E-state index < -0.39 is 9.84 Å². The maximum atomic E-state index is 10.8. The first-order chi connectivity index (χ1) is 6.47. The standard InChI is InChI=1S/C7H12N2O2S3/c1-14(10,11)3-2-12-5-6-4-9-7(8)13-6/h4H,2-3,5H2,1H3,(H2,8,9). The monoisotopic (exact) mass is 252 g/mol. The number of aromatic nitrogens is 1. The lowest BCUT2D eigenvalue weighted by atomic mass is 10.6. The average Bonchev–Trinajstić information content (AvgIpc) is 2.44. The van der Waals surface area contributed by atoms with Gasteiger partial charge in [-0.25, -0.2) is 13.4 Å². The van der Waals surface area contributed by atoms with E-state index >= 15 is 0 Å². The van der Waals surface area contributed by atoms with E-state index in [2.05, 4.69) is 4.98 Å². The van der Waals surface area contributed by atoms with Crippen molar-refractivity contribution in [3.05, 3.63) is 11.1 Å². The quantitative estimate of drug-likeness (QED) is 0.792. The summed E-state index contributed by atoms with van der Waals surface area (Å²) in [5.74, 6) is 1.63. The van der Waals surface area contributed by atoms with Crippen LogP contribution >= 0.6 is 23.1 Å². The van der Waals surface area contributed by atoms with Gasteiger partial charge in [-0.15, -0.1) is 11.3 Å². The molecule has 0 unspecified atom stereocenters. The smallest absolute Gasteiger partial charge is 0.180 e. The van der Waals surface area contributed by atoms with Crippen LogP contribution in [0.15, 0.2) is 6.20 Å². The molecule has 7 heteroatoms. The molecule has 0 radical (unpaired) electrons. The zero-order valence-electron chi connectivity index (χ0n) is 7.76. The summed E-state index contributed by atoms with van der Waals surface area (Å²) >= 11 is 3.02. The first kappa shape index (κ1) is 11.8. The van der Waals surface area contributed by atoms with Gasteiger partial charge in [-0.1, -0.05) is 0 Å². The van der Waals surface area contributed by atoms with Crippen molar-refractivity contribution in [3.8, 4) is 0 Å². The van der Waals surface area contributed by atoms with Crippen LogP contribution < -0.4 is 5.73 Å². The molecule has 0 aliphatic rings. The van der Waals surface area contributed by atoms with E-state index in [1.54, 1.807) is 18.0 Å². The maximum Gasteiger partial charge on any atom is 0.180 e. The van der Waals surface area contributed by atoms with Gasteiger partial charge in [0, 0.05) is 28.8 Å². The second-order valence-electron chi connectivity index (χ2n) is 2.85. The van der Waals surface area contributed by atoms with Crippen molar-refractivity contribution in [3.63, 3.8) is 0 Å². The van der Waals surface area contributed by atoms with Crippen LogP contribution in [0.5, 0.6) is 0 Å². The van der Waals surface area contributed by atoms with Crippen LogP contribution in [-0.4, -0.2) is 31.2 Å². The van der Waals surface area contributed by atoms with E-state index in [9.17, 15) is 8.42 Å². The lowest BCUT2D eigenvalue weighted by molar-refractivity contribution is 0.603. The number of sulfone groups is 1. The van der Waals surface area contributed by atoms with Gasteiger partial charge in [0.2, 0.25) is 0 Å². The zero-order chi connectivity index (χ0) is 10.6. The van der Waals surface area contributed by atoms with Crippen molar-refractivity contribution >= 4 is 38.1 Å². The molecule has 80 valence electrons. The molecule has 0 saturated carbocycles. The summed E-state index contributed by atoms with van der Waals surface area (Å²) in [4.78, 5) is 4.99. The molecule has 0 fully saturated rings. The second kappa shape index (κ2) is 4.99. The largest absolute Gasteiger partial charge is 0.375 e. The fourth-order valence-electron chi connectivity index (χ4n) is 0.772. The highest BCUT2D eigenvalue weighted by molar-refractivity contribution is 8.00. The van der Waals surface area contributed by atoms with Gasteiger partial charge < -0.3 is 5.73 Å². The van der Waals surface area contributed by atoms with E-state index in [0.29, 0.717) is 10.9 Å². The topological polar surface area (TPSA) is 73.0 Å². The van der Waals surface area contributed by atoms with Crippen LogP contribution in [0.4, 0.5) is 5.13 Å². The van der Waals surface area contributed by atoms with Crippen molar-refractivity contribution in [1.29, 1.82) is 0 Å². The fourth-order valence-corrected chi connectivity index (χ4v) is 3.84. The first-order valence-corrected chi connectivity index (χ1v) is 7.96. The Balaban J connectivity index is 2.23. The molecule has 0 aliphatic heterocycles. The molecule has 0 spiro atoms. The van der Waals surface area contributed by atoms with Crippen LogP contribution in [0.1, 0.15) is 4.88 Å². The molecule has 1 heterocycles. The average molecular weight is 252 g/mol. The zero-order valence-corrected chi connectivity index (χ0v) is 10.2. The van der Waals surface area contributed by atoms with E-state index in [4.69, 9.17) is 5.73 Å². The molecule has 14 heavy (non-hydrogen) atoms. The number of hydrogen-bond acceptors (Lipinski definition) is 6. The van der Waals surface area contributed by atoms with Gasteiger partial charge in [-0.2, -0.15) is 11.8 Å². The van der Waals surface area contributed by atoms with Crippen molar-refractivity contribution in [2.75, 3.05) is 23.5 Å². The van der Waals surface area contributed by atoms with Gasteiger partial charge in [0.15, 0.2) is 5.13 Å². The SMILES string of the molecule is CS(=O)(=O)CCSCc1cnc(N)s1. The highest BCUT2D eigenvalue weighted by Gasteiger charge is 2.03. The Hall–Kier alpha value is -0.270. The molecule has 0 atom stereocenters. The van der Waals surface area contributed by atoms with E-state index in [1.807, 2.05) is 0 Å². The molecular formula is C7H12N2O2S3. The number of rotatable bonds is 5. The van der Waals surface area contributed by atoms with Crippen molar-refractivity contribution in [1.82, 2.24) is 4.98 Å². The van der Waals surface area contributed by atoms with Gasteiger partial charge in [0.1, 0.15) is 9.84 Å². The summed E-state index contributed by atoms with van der Waals surface area (Å²) in [7, 11) is -2.83. The summed E-state index contributed by atoms with van der Waals surface area (Å²) in [6.07, 6.45) is 2.98. The molecule has 1 aromatic heterocycles. The summed E-state index contributed by atoms with van der Waals surface area (Å²) in [6.45, 7) is 0. The number of thioether (sulfide) groups is 1. The van der Waals surface area contributed by atoms with Crippen molar-refractivity contribution in [2.24, 2.45) is 0 Å². The third kappa shape index (κ3) is 4.83. The molecule has 0 bridgehead atoms. The third-order valence-electron chi connectivity index (χ3n) is 1.41. The number of nitrogen functional groups attached to an aromatic ring is 1. The Morgan fingerprint density at radius 1 is 1.64 bits per heavy atom. The second-order valence-corrected chi connectivity index (χ2v) is 7.36. The van der Waals surface area contributed by atoms with Crippen LogP contribution in [0.2, 0.25) is 0 Å². The third-order valence-corrected chi connectivity index (χ3v) is 4.64. The molecule has 1 aromatic rings. The Labute approximate surface area is 91.8 Å². The van der Waals surface area contributed by atoms with E-state index in [-0.39, 0.29) is 5.75 Å². The molecule has 4 nitrogen and oxygen atoms in total. The molecule has 0 saturated heterocycles. The van der Waals surface area contributed by atoms with Crippen molar-refractivity contribution < 1.29 is 8.42 Å². The Bertz CT molecular complexity index is 385. The van der Waals surface area contributed by atoms with Crippen molar-refractivity contribution in [2.45, 2.75) is 5.75 Å². The van der Waals surface area contributed by atoms with Gasteiger partial charge in [0.05, 0.1) is 5.75 Å². The molecule has 0 amide bonds. The maximum absolute atomic E-state index is 10.8. The minimum Gasteiger partial charge on any atom is -0.375 e. The number of hydrogen-bond donors (Lipinski definition) is 1. The lowest BCUT2D eigenvalue weighted by Gasteiger charge is -1.97. The summed E-state index contributed by atoms with van der Waals surface area (Å²) in [5, 5.41) is 0.559. The minimum absolute atomic E-state index is 0.228. The van der Waals surface area contributed by atoms with Crippen LogP contribution in [0, 0.1) is 0 Å². The van der Waals surface area contributed by atoms with Gasteiger partial charge >= 0.3 is 0 Å². The number of nitrogens with two attached hydrogens (primary N) is 1. The highest BCUT2D eigenvalue weighted by atomic mass is 32.2. The lowest BCUT2D eigenvalue weighted by Crippen LogP contribution is -2.04. The predicted octanol–water partition coefficient (Wildman–Crippen LogP) is 1.00. The van der Waals surface area contributed by atoms with Gasteiger partial charge in [0.25, 0.3) is 0 Å². The van der Waals surface area contributed by atoms with E-state index in [0.717, 1.165) is 10.6 Å². The number of thiazole rings is 1.